The molecule has 2 aromatic heterocycles. The molecular formula is C13H12F3N3OS. The third-order valence-corrected chi connectivity index (χ3v) is 3.30. The second-order valence-electron chi connectivity index (χ2n) is 3.97. The zero-order chi connectivity index (χ0) is 15.3. The van der Waals surface area contributed by atoms with Gasteiger partial charge in [-0.25, -0.2) is 9.97 Å². The van der Waals surface area contributed by atoms with Crippen molar-refractivity contribution in [2.45, 2.75) is 11.2 Å². The molecule has 0 N–H and O–H groups in total. The third-order valence-electron chi connectivity index (χ3n) is 2.42. The van der Waals surface area contributed by atoms with Crippen LogP contribution in [-0.2, 0) is 10.9 Å². The lowest BCUT2D eigenvalue weighted by Gasteiger charge is -2.10. The molecule has 0 unspecified atom stereocenters. The zero-order valence-electron chi connectivity index (χ0n) is 11.1. The van der Waals surface area contributed by atoms with Crippen LogP contribution in [-0.4, -0.2) is 34.4 Å². The third kappa shape index (κ3) is 4.40. The molecule has 0 aliphatic rings. The molecule has 0 radical (unpaired) electrons. The van der Waals surface area contributed by atoms with E-state index in [9.17, 15) is 13.2 Å². The van der Waals surface area contributed by atoms with Gasteiger partial charge in [-0.05, 0) is 12.1 Å². The fraction of sp³-hybridized carbons (Fsp3) is 0.308. The average Bonchev–Trinajstić information content (AvgIpc) is 2.47. The largest absolute Gasteiger partial charge is 0.433 e. The number of ether oxygens (including phenoxy) is 1. The van der Waals surface area contributed by atoms with Crippen LogP contribution in [0.15, 0.2) is 35.5 Å². The Kier molecular flexibility index (Phi) is 5.13. The summed E-state index contributed by atoms with van der Waals surface area (Å²) in [6.07, 6.45) is -3.04. The number of pyridine rings is 1. The van der Waals surface area contributed by atoms with E-state index in [1.165, 1.54) is 25.1 Å². The molecule has 0 fully saturated rings. The van der Waals surface area contributed by atoms with E-state index in [0.717, 1.165) is 6.07 Å². The number of rotatable bonds is 5. The van der Waals surface area contributed by atoms with Gasteiger partial charge >= 0.3 is 6.18 Å². The van der Waals surface area contributed by atoms with Crippen LogP contribution < -0.4 is 0 Å². The Morgan fingerprint density at radius 3 is 2.67 bits per heavy atom. The first-order valence-electron chi connectivity index (χ1n) is 6.00. The van der Waals surface area contributed by atoms with Crippen molar-refractivity contribution in [1.82, 2.24) is 15.0 Å². The molecule has 0 saturated carbocycles. The van der Waals surface area contributed by atoms with Gasteiger partial charge in [0, 0.05) is 25.1 Å². The second-order valence-corrected chi connectivity index (χ2v) is 5.08. The summed E-state index contributed by atoms with van der Waals surface area (Å²) in [6, 6.07) is 5.85. The number of hydrogen-bond acceptors (Lipinski definition) is 5. The predicted octanol–water partition coefficient (Wildman–Crippen LogP) is 3.30. The molecule has 112 valence electrons. The first kappa shape index (κ1) is 15.7. The molecule has 0 aliphatic heterocycles. The van der Waals surface area contributed by atoms with E-state index in [1.807, 2.05) is 0 Å². The molecule has 0 saturated heterocycles. The van der Waals surface area contributed by atoms with Crippen molar-refractivity contribution in [2.75, 3.05) is 19.5 Å². The van der Waals surface area contributed by atoms with Crippen LogP contribution in [0, 0.1) is 0 Å². The number of alkyl halides is 3. The Morgan fingerprint density at radius 2 is 2.05 bits per heavy atom. The van der Waals surface area contributed by atoms with Gasteiger partial charge in [-0.1, -0.05) is 6.07 Å². The standard InChI is InChI=1S/C13H12F3N3OS/c1-20-6-7-21-11-8-10(13(14,15)16)18-12(19-11)9-4-2-3-5-17-9/h2-5,8H,6-7H2,1H3. The van der Waals surface area contributed by atoms with Crippen molar-refractivity contribution in [3.05, 3.63) is 36.2 Å². The van der Waals surface area contributed by atoms with Gasteiger partial charge in [0.2, 0.25) is 0 Å². The van der Waals surface area contributed by atoms with Crippen LogP contribution in [0.25, 0.3) is 11.5 Å². The highest BCUT2D eigenvalue weighted by Gasteiger charge is 2.33. The molecule has 4 nitrogen and oxygen atoms in total. The maximum Gasteiger partial charge on any atom is 0.433 e. The van der Waals surface area contributed by atoms with E-state index in [2.05, 4.69) is 15.0 Å². The van der Waals surface area contributed by atoms with E-state index in [-0.39, 0.29) is 10.9 Å². The number of halogens is 3. The number of thioether (sulfide) groups is 1. The van der Waals surface area contributed by atoms with Crippen molar-refractivity contribution < 1.29 is 17.9 Å². The van der Waals surface area contributed by atoms with Gasteiger partial charge in [0.05, 0.1) is 6.61 Å². The van der Waals surface area contributed by atoms with Gasteiger partial charge < -0.3 is 4.74 Å². The summed E-state index contributed by atoms with van der Waals surface area (Å²) in [7, 11) is 1.53. The smallest absolute Gasteiger partial charge is 0.384 e. The van der Waals surface area contributed by atoms with Gasteiger partial charge in [0.15, 0.2) is 5.82 Å². The minimum Gasteiger partial charge on any atom is -0.384 e. The van der Waals surface area contributed by atoms with Crippen molar-refractivity contribution in [1.29, 1.82) is 0 Å². The molecule has 2 rings (SSSR count). The van der Waals surface area contributed by atoms with Crippen LogP contribution >= 0.6 is 11.8 Å². The topological polar surface area (TPSA) is 47.9 Å². The Balaban J connectivity index is 2.38. The highest BCUT2D eigenvalue weighted by atomic mass is 32.2. The SMILES string of the molecule is COCCSc1cc(C(F)(F)F)nc(-c2ccccn2)n1. The Morgan fingerprint density at radius 1 is 1.24 bits per heavy atom. The lowest BCUT2D eigenvalue weighted by Crippen LogP contribution is -2.10. The minimum atomic E-state index is -4.52. The van der Waals surface area contributed by atoms with Gasteiger partial charge in [0.1, 0.15) is 16.4 Å². The van der Waals surface area contributed by atoms with Crippen molar-refractivity contribution in [3.8, 4) is 11.5 Å². The van der Waals surface area contributed by atoms with Crippen LogP contribution in [0.4, 0.5) is 13.2 Å². The number of hydrogen-bond donors (Lipinski definition) is 0. The Bertz CT molecular complexity index is 593. The lowest BCUT2D eigenvalue weighted by molar-refractivity contribution is -0.141. The molecular weight excluding hydrogens is 303 g/mol. The monoisotopic (exact) mass is 315 g/mol. The number of methoxy groups -OCH3 is 1. The molecule has 2 aromatic rings. The molecule has 0 aliphatic carbocycles. The highest BCUT2D eigenvalue weighted by Crippen LogP contribution is 2.31. The molecule has 0 aromatic carbocycles. The maximum atomic E-state index is 12.9. The molecule has 0 amide bonds. The predicted molar refractivity (Wildman–Crippen MR) is 72.9 cm³/mol. The van der Waals surface area contributed by atoms with Crippen LogP contribution in [0.1, 0.15) is 5.69 Å². The Labute approximate surface area is 123 Å². The number of nitrogens with zero attached hydrogens (tertiary/aromatic N) is 3. The summed E-state index contributed by atoms with van der Waals surface area (Å²) in [6.45, 7) is 0.426. The summed E-state index contributed by atoms with van der Waals surface area (Å²) in [5.74, 6) is 0.470. The normalized spacial score (nSPS) is 11.6. The van der Waals surface area contributed by atoms with Crippen LogP contribution in [0.2, 0.25) is 0 Å². The average molecular weight is 315 g/mol. The molecule has 0 spiro atoms. The van der Waals surface area contributed by atoms with E-state index in [4.69, 9.17) is 4.74 Å². The van der Waals surface area contributed by atoms with Crippen molar-refractivity contribution in [2.24, 2.45) is 0 Å². The molecule has 0 bridgehead atoms. The van der Waals surface area contributed by atoms with E-state index in [1.54, 1.807) is 18.2 Å². The second kappa shape index (κ2) is 6.86. The summed E-state index contributed by atoms with van der Waals surface area (Å²) < 4.78 is 43.6. The van der Waals surface area contributed by atoms with Gasteiger partial charge in [0.25, 0.3) is 0 Å². The highest BCUT2D eigenvalue weighted by molar-refractivity contribution is 7.99. The molecule has 2 heterocycles. The quantitative estimate of drug-likeness (QED) is 0.481. The fourth-order valence-corrected chi connectivity index (χ4v) is 2.29. The van der Waals surface area contributed by atoms with Crippen molar-refractivity contribution in [3.63, 3.8) is 0 Å². The Hall–Kier alpha value is -1.67. The van der Waals surface area contributed by atoms with Gasteiger partial charge in [-0.3, -0.25) is 4.98 Å². The van der Waals surface area contributed by atoms with Crippen LogP contribution in [0.5, 0.6) is 0 Å². The first-order valence-corrected chi connectivity index (χ1v) is 6.98. The lowest BCUT2D eigenvalue weighted by atomic mass is 10.3. The van der Waals surface area contributed by atoms with E-state index in [0.29, 0.717) is 18.1 Å². The minimum absolute atomic E-state index is 0.0367. The summed E-state index contributed by atoms with van der Waals surface area (Å²) in [4.78, 5) is 11.7. The fourth-order valence-electron chi connectivity index (χ4n) is 1.48. The molecule has 0 atom stereocenters. The molecule has 8 heteroatoms. The maximum absolute atomic E-state index is 12.9. The number of aromatic nitrogens is 3. The van der Waals surface area contributed by atoms with Gasteiger partial charge in [-0.15, -0.1) is 11.8 Å². The van der Waals surface area contributed by atoms with Gasteiger partial charge in [-0.2, -0.15) is 13.2 Å². The molecule has 21 heavy (non-hydrogen) atoms. The summed E-state index contributed by atoms with van der Waals surface area (Å²) in [5.41, 5.74) is -0.671. The first-order chi connectivity index (χ1) is 10.0. The summed E-state index contributed by atoms with van der Waals surface area (Å²) >= 11 is 1.18. The van der Waals surface area contributed by atoms with E-state index >= 15 is 0 Å². The summed E-state index contributed by atoms with van der Waals surface area (Å²) in [5, 5.41) is 0.245. The van der Waals surface area contributed by atoms with Crippen LogP contribution in [0.3, 0.4) is 0 Å². The van der Waals surface area contributed by atoms with Crippen molar-refractivity contribution >= 4 is 11.8 Å². The zero-order valence-corrected chi connectivity index (χ0v) is 11.9. The van der Waals surface area contributed by atoms with E-state index < -0.39 is 11.9 Å².